The Morgan fingerprint density at radius 2 is 1.77 bits per heavy atom. The molecule has 2 atom stereocenters. The normalized spacial score (nSPS) is 17.1. The highest BCUT2D eigenvalue weighted by atomic mass is 35.6. The topological polar surface area (TPSA) is 20.2 Å². The highest BCUT2D eigenvalue weighted by Crippen LogP contribution is 2.36. The van der Waals surface area contributed by atoms with Crippen LogP contribution >= 0.6 is 34.8 Å². The van der Waals surface area contributed by atoms with Crippen LogP contribution in [0, 0.1) is 5.92 Å². The molecule has 1 N–H and O–H groups in total. The molecule has 80 valence electrons. The SMILES string of the molecule is CCCCC(CC)C(O)C(Cl)(Cl)Cl. The first kappa shape index (κ1) is 13.8. The van der Waals surface area contributed by atoms with Crippen molar-refractivity contribution >= 4 is 34.8 Å². The molecule has 0 spiro atoms. The molecule has 2 unspecified atom stereocenters. The Labute approximate surface area is 95.4 Å². The zero-order valence-electron chi connectivity index (χ0n) is 8.06. The van der Waals surface area contributed by atoms with E-state index < -0.39 is 9.90 Å². The Hall–Kier alpha value is 0.830. The van der Waals surface area contributed by atoms with Gasteiger partial charge < -0.3 is 5.11 Å². The van der Waals surface area contributed by atoms with Crippen LogP contribution in [0.2, 0.25) is 0 Å². The molecule has 0 amide bonds. The Morgan fingerprint density at radius 1 is 1.23 bits per heavy atom. The molecular weight excluding hydrogens is 230 g/mol. The predicted molar refractivity (Wildman–Crippen MR) is 59.6 cm³/mol. The van der Waals surface area contributed by atoms with Gasteiger partial charge in [-0.1, -0.05) is 67.9 Å². The molecule has 0 aromatic carbocycles. The third-order valence-corrected chi connectivity index (χ3v) is 2.91. The summed E-state index contributed by atoms with van der Waals surface area (Å²) in [5, 5.41) is 9.68. The van der Waals surface area contributed by atoms with Gasteiger partial charge in [0.25, 0.3) is 0 Å². The molecule has 0 heterocycles. The maximum Gasteiger partial charge on any atom is 0.216 e. The second kappa shape index (κ2) is 6.34. The van der Waals surface area contributed by atoms with Gasteiger partial charge in [0, 0.05) is 0 Å². The Bertz CT molecular complexity index is 133. The van der Waals surface area contributed by atoms with E-state index in [0.717, 1.165) is 25.7 Å². The molecule has 0 aromatic rings. The van der Waals surface area contributed by atoms with Gasteiger partial charge >= 0.3 is 0 Å². The van der Waals surface area contributed by atoms with Gasteiger partial charge in [0.2, 0.25) is 3.79 Å². The summed E-state index contributed by atoms with van der Waals surface area (Å²) in [6.45, 7) is 4.11. The lowest BCUT2D eigenvalue weighted by Gasteiger charge is -2.27. The van der Waals surface area contributed by atoms with Crippen molar-refractivity contribution in [2.75, 3.05) is 0 Å². The molecule has 0 radical (unpaired) electrons. The van der Waals surface area contributed by atoms with Crippen LogP contribution in [0.1, 0.15) is 39.5 Å². The number of unbranched alkanes of at least 4 members (excludes halogenated alkanes) is 1. The number of aliphatic hydroxyl groups is 1. The van der Waals surface area contributed by atoms with Crippen LogP contribution in [-0.4, -0.2) is 15.0 Å². The monoisotopic (exact) mass is 246 g/mol. The van der Waals surface area contributed by atoms with Gasteiger partial charge in [-0.15, -0.1) is 0 Å². The number of alkyl halides is 3. The summed E-state index contributed by atoms with van der Waals surface area (Å²) >= 11 is 16.9. The van der Waals surface area contributed by atoms with E-state index in [1.54, 1.807) is 0 Å². The predicted octanol–water partition coefficient (Wildman–Crippen LogP) is 3.93. The van der Waals surface area contributed by atoms with E-state index in [0.29, 0.717) is 0 Å². The fraction of sp³-hybridized carbons (Fsp3) is 1.00. The molecule has 0 aliphatic carbocycles. The number of rotatable bonds is 5. The molecule has 0 aromatic heterocycles. The maximum atomic E-state index is 9.68. The van der Waals surface area contributed by atoms with Crippen LogP contribution in [0.15, 0.2) is 0 Å². The van der Waals surface area contributed by atoms with E-state index >= 15 is 0 Å². The van der Waals surface area contributed by atoms with Gasteiger partial charge in [-0.2, -0.15) is 0 Å². The van der Waals surface area contributed by atoms with Gasteiger partial charge in [0.05, 0.1) is 0 Å². The Kier molecular flexibility index (Phi) is 6.74. The number of halogens is 3. The standard InChI is InChI=1S/C9H17Cl3O/c1-3-5-6-7(4-2)8(13)9(10,11)12/h7-8,13H,3-6H2,1-2H3. The molecular formula is C9H17Cl3O. The summed E-state index contributed by atoms with van der Waals surface area (Å²) in [5.74, 6) is 0.0902. The minimum atomic E-state index is -1.55. The average molecular weight is 248 g/mol. The molecule has 1 nitrogen and oxygen atoms in total. The van der Waals surface area contributed by atoms with E-state index in [-0.39, 0.29) is 5.92 Å². The third kappa shape index (κ3) is 5.31. The molecule has 0 saturated carbocycles. The van der Waals surface area contributed by atoms with Crippen molar-refractivity contribution in [3.8, 4) is 0 Å². The molecule has 13 heavy (non-hydrogen) atoms. The summed E-state index contributed by atoms with van der Waals surface area (Å²) < 4.78 is -1.55. The summed E-state index contributed by atoms with van der Waals surface area (Å²) in [6, 6.07) is 0. The van der Waals surface area contributed by atoms with E-state index in [1.807, 2.05) is 6.92 Å². The Balaban J connectivity index is 4.07. The minimum absolute atomic E-state index is 0.0902. The zero-order valence-corrected chi connectivity index (χ0v) is 10.3. The van der Waals surface area contributed by atoms with Gasteiger partial charge in [-0.05, 0) is 12.3 Å². The number of aliphatic hydroxyl groups excluding tert-OH is 1. The third-order valence-electron chi connectivity index (χ3n) is 2.23. The summed E-state index contributed by atoms with van der Waals surface area (Å²) in [4.78, 5) is 0. The van der Waals surface area contributed by atoms with Crippen molar-refractivity contribution in [1.82, 2.24) is 0 Å². The van der Waals surface area contributed by atoms with E-state index in [9.17, 15) is 5.11 Å². The second-order valence-electron chi connectivity index (χ2n) is 3.30. The fourth-order valence-corrected chi connectivity index (χ4v) is 1.85. The molecule has 0 saturated heterocycles. The number of hydrogen-bond donors (Lipinski definition) is 1. The van der Waals surface area contributed by atoms with E-state index in [4.69, 9.17) is 34.8 Å². The first-order chi connectivity index (χ1) is 5.93. The van der Waals surface area contributed by atoms with Gasteiger partial charge in [0.1, 0.15) is 6.10 Å². The van der Waals surface area contributed by atoms with E-state index in [2.05, 4.69) is 6.92 Å². The van der Waals surface area contributed by atoms with Crippen LogP contribution in [0.3, 0.4) is 0 Å². The highest BCUT2D eigenvalue weighted by molar-refractivity contribution is 6.68. The number of hydrogen-bond acceptors (Lipinski definition) is 1. The lowest BCUT2D eigenvalue weighted by Crippen LogP contribution is -2.33. The van der Waals surface area contributed by atoms with Gasteiger partial charge in [0.15, 0.2) is 0 Å². The second-order valence-corrected chi connectivity index (χ2v) is 5.67. The minimum Gasteiger partial charge on any atom is -0.388 e. The van der Waals surface area contributed by atoms with Crippen molar-refractivity contribution < 1.29 is 5.11 Å². The fourth-order valence-electron chi connectivity index (χ4n) is 1.32. The van der Waals surface area contributed by atoms with E-state index in [1.165, 1.54) is 0 Å². The largest absolute Gasteiger partial charge is 0.388 e. The molecule has 0 aliphatic heterocycles. The van der Waals surface area contributed by atoms with Crippen molar-refractivity contribution in [3.05, 3.63) is 0 Å². The van der Waals surface area contributed by atoms with Crippen LogP contribution in [0.4, 0.5) is 0 Å². The first-order valence-electron chi connectivity index (χ1n) is 4.68. The lowest BCUT2D eigenvalue weighted by atomic mass is 9.94. The van der Waals surface area contributed by atoms with Crippen LogP contribution in [-0.2, 0) is 0 Å². The highest BCUT2D eigenvalue weighted by Gasteiger charge is 2.35. The van der Waals surface area contributed by atoms with Crippen molar-refractivity contribution in [2.24, 2.45) is 5.92 Å². The molecule has 4 heteroatoms. The van der Waals surface area contributed by atoms with Crippen LogP contribution < -0.4 is 0 Å². The van der Waals surface area contributed by atoms with Crippen molar-refractivity contribution in [1.29, 1.82) is 0 Å². The average Bonchev–Trinajstić information content (AvgIpc) is 2.04. The Morgan fingerprint density at radius 3 is 2.08 bits per heavy atom. The molecule has 0 bridgehead atoms. The van der Waals surface area contributed by atoms with Crippen molar-refractivity contribution in [2.45, 2.75) is 49.4 Å². The summed E-state index contributed by atoms with van der Waals surface area (Å²) in [6.07, 6.45) is 3.07. The van der Waals surface area contributed by atoms with Crippen molar-refractivity contribution in [3.63, 3.8) is 0 Å². The molecule has 0 aliphatic rings. The lowest BCUT2D eigenvalue weighted by molar-refractivity contribution is 0.102. The summed E-state index contributed by atoms with van der Waals surface area (Å²) in [7, 11) is 0. The quantitative estimate of drug-likeness (QED) is 0.730. The maximum absolute atomic E-state index is 9.68. The zero-order chi connectivity index (χ0) is 10.5. The smallest absolute Gasteiger partial charge is 0.216 e. The first-order valence-corrected chi connectivity index (χ1v) is 5.81. The molecule has 0 rings (SSSR count). The van der Waals surface area contributed by atoms with Crippen LogP contribution in [0.5, 0.6) is 0 Å². The summed E-state index contributed by atoms with van der Waals surface area (Å²) in [5.41, 5.74) is 0. The van der Waals surface area contributed by atoms with Gasteiger partial charge in [-0.25, -0.2) is 0 Å². The van der Waals surface area contributed by atoms with Gasteiger partial charge in [-0.3, -0.25) is 0 Å². The van der Waals surface area contributed by atoms with Crippen LogP contribution in [0.25, 0.3) is 0 Å². The molecule has 0 fully saturated rings.